The molecule has 142 valence electrons. The number of thiophene rings is 1. The number of ether oxygens (including phenoxy) is 2. The van der Waals surface area contributed by atoms with Crippen LogP contribution in [0.1, 0.15) is 17.8 Å². The third-order valence-corrected chi connectivity index (χ3v) is 5.13. The average Bonchev–Trinajstić information content (AvgIpc) is 3.01. The van der Waals surface area contributed by atoms with E-state index in [0.29, 0.717) is 27.4 Å². The van der Waals surface area contributed by atoms with Gasteiger partial charge < -0.3 is 14.8 Å². The number of anilines is 1. The number of amides is 1. The highest BCUT2D eigenvalue weighted by Crippen LogP contribution is 2.30. The largest absolute Gasteiger partial charge is 0.493 e. The third kappa shape index (κ3) is 3.45. The first kappa shape index (κ1) is 18.7. The van der Waals surface area contributed by atoms with Gasteiger partial charge in [0.15, 0.2) is 11.5 Å². The van der Waals surface area contributed by atoms with Crippen molar-refractivity contribution >= 4 is 33.1 Å². The lowest BCUT2D eigenvalue weighted by Gasteiger charge is -2.15. The molecule has 0 bridgehead atoms. The van der Waals surface area contributed by atoms with E-state index in [9.17, 15) is 14.4 Å². The Morgan fingerprint density at radius 2 is 1.89 bits per heavy atom. The molecule has 3 aromatic rings. The molecule has 0 aliphatic heterocycles. The van der Waals surface area contributed by atoms with Gasteiger partial charge in [0.2, 0.25) is 5.91 Å². The van der Waals surface area contributed by atoms with Gasteiger partial charge in [0.25, 0.3) is 5.56 Å². The van der Waals surface area contributed by atoms with Crippen molar-refractivity contribution in [2.45, 2.75) is 19.9 Å². The Bertz CT molecular complexity index is 1130. The first-order valence-corrected chi connectivity index (χ1v) is 8.95. The molecule has 9 heteroatoms. The molecule has 0 fully saturated rings. The minimum absolute atomic E-state index is 0.392. The van der Waals surface area contributed by atoms with E-state index in [1.807, 2.05) is 6.92 Å². The minimum atomic E-state index is -1.00. The molecule has 0 spiro atoms. The van der Waals surface area contributed by atoms with Crippen LogP contribution < -0.4 is 26.0 Å². The van der Waals surface area contributed by atoms with Crippen molar-refractivity contribution in [2.75, 3.05) is 19.5 Å². The summed E-state index contributed by atoms with van der Waals surface area (Å²) in [4.78, 5) is 41.7. The van der Waals surface area contributed by atoms with Crippen LogP contribution in [0.15, 0.2) is 33.9 Å². The summed E-state index contributed by atoms with van der Waals surface area (Å²) in [6.07, 6.45) is 0. The van der Waals surface area contributed by atoms with Crippen molar-refractivity contribution in [1.82, 2.24) is 9.55 Å². The van der Waals surface area contributed by atoms with Crippen LogP contribution in [0.4, 0.5) is 5.69 Å². The first-order valence-electron chi connectivity index (χ1n) is 8.13. The molecule has 0 saturated heterocycles. The van der Waals surface area contributed by atoms with Crippen LogP contribution in [0.3, 0.4) is 0 Å². The van der Waals surface area contributed by atoms with Gasteiger partial charge in [-0.05, 0) is 32.0 Å². The van der Waals surface area contributed by atoms with Gasteiger partial charge in [0, 0.05) is 16.6 Å². The molecule has 8 nitrogen and oxygen atoms in total. The zero-order chi connectivity index (χ0) is 19.7. The van der Waals surface area contributed by atoms with E-state index in [4.69, 9.17) is 9.47 Å². The van der Waals surface area contributed by atoms with Gasteiger partial charge in [0.1, 0.15) is 10.9 Å². The van der Waals surface area contributed by atoms with Crippen molar-refractivity contribution in [3.05, 3.63) is 50.0 Å². The molecule has 27 heavy (non-hydrogen) atoms. The Morgan fingerprint density at radius 1 is 1.19 bits per heavy atom. The van der Waals surface area contributed by atoms with Crippen LogP contribution in [0.25, 0.3) is 10.2 Å². The van der Waals surface area contributed by atoms with Gasteiger partial charge >= 0.3 is 5.69 Å². The van der Waals surface area contributed by atoms with Crippen LogP contribution in [0, 0.1) is 6.92 Å². The number of methoxy groups -OCH3 is 2. The maximum absolute atomic E-state index is 12.7. The predicted octanol–water partition coefficient (Wildman–Crippen LogP) is 2.28. The van der Waals surface area contributed by atoms with Crippen molar-refractivity contribution in [3.63, 3.8) is 0 Å². The topological polar surface area (TPSA) is 102 Å². The van der Waals surface area contributed by atoms with E-state index in [-0.39, 0.29) is 0 Å². The molecule has 0 aliphatic carbocycles. The van der Waals surface area contributed by atoms with Gasteiger partial charge in [-0.15, -0.1) is 11.3 Å². The fourth-order valence-corrected chi connectivity index (χ4v) is 3.67. The van der Waals surface area contributed by atoms with Gasteiger partial charge in [-0.3, -0.25) is 14.6 Å². The number of aromatic nitrogens is 2. The molecule has 1 unspecified atom stereocenters. The van der Waals surface area contributed by atoms with E-state index < -0.39 is 23.2 Å². The summed E-state index contributed by atoms with van der Waals surface area (Å²) in [5.74, 6) is 0.476. The van der Waals surface area contributed by atoms with E-state index in [0.717, 1.165) is 9.44 Å². The third-order valence-electron chi connectivity index (χ3n) is 4.16. The van der Waals surface area contributed by atoms with Crippen LogP contribution >= 0.6 is 11.3 Å². The van der Waals surface area contributed by atoms with E-state index in [2.05, 4.69) is 10.3 Å². The standard InChI is InChI=1S/C18H19N3O5S/c1-9-7-12-16(27-9)20-18(24)21(17(12)23)10(2)15(22)19-11-5-6-13(25-3)14(8-11)26-4/h5-8,10H,1-4H3,(H,19,22)(H,20,24). The first-order chi connectivity index (χ1) is 12.8. The summed E-state index contributed by atoms with van der Waals surface area (Å²) in [7, 11) is 3.00. The molecule has 3 rings (SSSR count). The molecule has 2 aromatic heterocycles. The Labute approximate surface area is 158 Å². The number of rotatable bonds is 5. The molecule has 0 saturated carbocycles. The lowest BCUT2D eigenvalue weighted by atomic mass is 10.2. The van der Waals surface area contributed by atoms with Crippen molar-refractivity contribution in [2.24, 2.45) is 0 Å². The summed E-state index contributed by atoms with van der Waals surface area (Å²) < 4.78 is 11.3. The highest BCUT2D eigenvalue weighted by atomic mass is 32.1. The Kier molecular flexibility index (Phi) is 5.04. The zero-order valence-corrected chi connectivity index (χ0v) is 16.1. The van der Waals surface area contributed by atoms with Crippen molar-refractivity contribution < 1.29 is 14.3 Å². The van der Waals surface area contributed by atoms with Gasteiger partial charge in [0.05, 0.1) is 19.6 Å². The summed E-state index contributed by atoms with van der Waals surface area (Å²) >= 11 is 1.32. The number of fused-ring (bicyclic) bond motifs is 1. The van der Waals surface area contributed by atoms with Gasteiger partial charge in [-0.25, -0.2) is 9.36 Å². The predicted molar refractivity (Wildman–Crippen MR) is 104 cm³/mol. The fourth-order valence-electron chi connectivity index (χ4n) is 2.77. The summed E-state index contributed by atoms with van der Waals surface area (Å²) in [6.45, 7) is 3.34. The molecule has 2 heterocycles. The average molecular weight is 389 g/mol. The van der Waals surface area contributed by atoms with Crippen LogP contribution in [0.2, 0.25) is 0 Å². The van der Waals surface area contributed by atoms with Crippen LogP contribution in [-0.2, 0) is 4.79 Å². The summed E-state index contributed by atoms with van der Waals surface area (Å²) in [6, 6.07) is 5.59. The number of hydrogen-bond acceptors (Lipinski definition) is 6. The highest BCUT2D eigenvalue weighted by molar-refractivity contribution is 7.18. The van der Waals surface area contributed by atoms with Gasteiger partial charge in [-0.1, -0.05) is 0 Å². The highest BCUT2D eigenvalue weighted by Gasteiger charge is 2.21. The number of nitrogens with zero attached hydrogens (tertiary/aromatic N) is 1. The summed E-state index contributed by atoms with van der Waals surface area (Å²) in [5.41, 5.74) is -0.654. The quantitative estimate of drug-likeness (QED) is 0.697. The SMILES string of the molecule is COc1ccc(NC(=O)C(C)n2c(=O)[nH]c3sc(C)cc3c2=O)cc1OC. The van der Waals surface area contributed by atoms with E-state index in [1.165, 1.54) is 32.5 Å². The molecular weight excluding hydrogens is 370 g/mol. The second kappa shape index (κ2) is 7.28. The second-order valence-electron chi connectivity index (χ2n) is 5.94. The number of carbonyl (C=O) groups excluding carboxylic acids is 1. The number of nitrogens with one attached hydrogen (secondary N) is 2. The van der Waals surface area contributed by atoms with Crippen LogP contribution in [0.5, 0.6) is 11.5 Å². The Morgan fingerprint density at radius 3 is 2.56 bits per heavy atom. The normalized spacial score (nSPS) is 12.0. The number of aryl methyl sites for hydroxylation is 1. The minimum Gasteiger partial charge on any atom is -0.493 e. The number of benzene rings is 1. The molecular formula is C18H19N3O5S. The number of aromatic amines is 1. The summed E-state index contributed by atoms with van der Waals surface area (Å²) in [5, 5.41) is 3.08. The molecule has 0 aliphatic rings. The molecule has 1 amide bonds. The maximum Gasteiger partial charge on any atom is 0.330 e. The fraction of sp³-hybridized carbons (Fsp3) is 0.278. The smallest absolute Gasteiger partial charge is 0.330 e. The van der Waals surface area contributed by atoms with Crippen molar-refractivity contribution in [1.29, 1.82) is 0 Å². The monoisotopic (exact) mass is 389 g/mol. The van der Waals surface area contributed by atoms with E-state index in [1.54, 1.807) is 24.3 Å². The van der Waals surface area contributed by atoms with E-state index >= 15 is 0 Å². The molecule has 0 radical (unpaired) electrons. The number of carbonyl (C=O) groups is 1. The Balaban J connectivity index is 1.93. The van der Waals surface area contributed by atoms with Gasteiger partial charge in [-0.2, -0.15) is 0 Å². The number of hydrogen-bond donors (Lipinski definition) is 2. The molecule has 1 atom stereocenters. The molecule has 2 N–H and O–H groups in total. The number of H-pyrrole nitrogens is 1. The van der Waals surface area contributed by atoms with Crippen LogP contribution in [-0.4, -0.2) is 29.7 Å². The molecule has 1 aromatic carbocycles. The lowest BCUT2D eigenvalue weighted by Crippen LogP contribution is -2.41. The maximum atomic E-state index is 12.7. The lowest BCUT2D eigenvalue weighted by molar-refractivity contribution is -0.119. The van der Waals surface area contributed by atoms with Crippen molar-refractivity contribution in [3.8, 4) is 11.5 Å². The Hall–Kier alpha value is -3.07. The zero-order valence-electron chi connectivity index (χ0n) is 15.3. The second-order valence-corrected chi connectivity index (χ2v) is 7.20.